The van der Waals surface area contributed by atoms with Crippen molar-refractivity contribution in [3.05, 3.63) is 0 Å². The number of nitrogens with two attached hydrogens (primary N) is 1. The monoisotopic (exact) mass is 157 g/mol. The fraction of sp³-hybridized carbons (Fsp3) is 0.571. The highest BCUT2D eigenvalue weighted by molar-refractivity contribution is 5.98. The average molecular weight is 157 g/mol. The number of ketones is 2. The van der Waals surface area contributed by atoms with Crippen LogP contribution in [-0.4, -0.2) is 17.5 Å². The molecule has 0 atom stereocenters. The van der Waals surface area contributed by atoms with Crippen LogP contribution < -0.4 is 5.73 Å². The minimum atomic E-state index is -0.512. The molecule has 0 saturated carbocycles. The third-order valence-corrected chi connectivity index (χ3v) is 1.10. The summed E-state index contributed by atoms with van der Waals surface area (Å²) in [6, 6.07) is 0. The van der Waals surface area contributed by atoms with Gasteiger partial charge in [-0.25, -0.2) is 0 Å². The Morgan fingerprint density at radius 2 is 1.73 bits per heavy atom. The van der Waals surface area contributed by atoms with Crippen molar-refractivity contribution in [3.63, 3.8) is 0 Å². The first-order valence-corrected chi connectivity index (χ1v) is 3.32. The van der Waals surface area contributed by atoms with Crippen LogP contribution in [0.15, 0.2) is 0 Å². The molecule has 0 heterocycles. The van der Waals surface area contributed by atoms with Crippen molar-refractivity contribution in [1.82, 2.24) is 0 Å². The van der Waals surface area contributed by atoms with Crippen LogP contribution in [0.2, 0.25) is 0 Å². The van der Waals surface area contributed by atoms with Gasteiger partial charge in [0.05, 0.1) is 6.42 Å². The Bertz CT molecular complexity index is 186. The lowest BCUT2D eigenvalue weighted by molar-refractivity contribution is -0.128. The summed E-state index contributed by atoms with van der Waals surface area (Å²) in [5.74, 6) is -0.919. The number of hydrogen-bond donors (Lipinski definition) is 1. The number of amides is 1. The molecule has 0 fully saturated rings. The predicted octanol–water partition coefficient (Wildman–Crippen LogP) is -0.200. The largest absolute Gasteiger partial charge is 0.370 e. The molecular formula is C7H11NO3. The molecule has 0 unspecified atom stereocenters. The van der Waals surface area contributed by atoms with E-state index in [1.54, 1.807) is 0 Å². The van der Waals surface area contributed by atoms with Gasteiger partial charge in [-0.15, -0.1) is 0 Å². The van der Waals surface area contributed by atoms with Crippen LogP contribution in [-0.2, 0) is 14.4 Å². The second-order valence-corrected chi connectivity index (χ2v) is 2.38. The zero-order valence-corrected chi connectivity index (χ0v) is 6.42. The molecule has 1 amide bonds. The summed E-state index contributed by atoms with van der Waals surface area (Å²) in [6.45, 7) is 1.34. The molecule has 62 valence electrons. The maximum Gasteiger partial charge on any atom is 0.217 e. The van der Waals surface area contributed by atoms with Crippen LogP contribution in [0.4, 0.5) is 0 Å². The molecule has 4 heteroatoms. The molecule has 0 aliphatic rings. The maximum absolute atomic E-state index is 10.7. The van der Waals surface area contributed by atoms with E-state index in [-0.39, 0.29) is 30.8 Å². The lowest BCUT2D eigenvalue weighted by Gasteiger charge is -1.93. The second-order valence-electron chi connectivity index (χ2n) is 2.38. The quantitative estimate of drug-likeness (QED) is 0.561. The Hall–Kier alpha value is -1.19. The molecule has 0 spiro atoms. The van der Waals surface area contributed by atoms with E-state index in [9.17, 15) is 14.4 Å². The molecule has 0 aromatic rings. The van der Waals surface area contributed by atoms with Gasteiger partial charge in [0.2, 0.25) is 5.91 Å². The SMILES string of the molecule is CC(=O)CC(=O)CCC(N)=O. The van der Waals surface area contributed by atoms with Crippen LogP contribution in [0.1, 0.15) is 26.2 Å². The molecule has 0 bridgehead atoms. The molecule has 0 rings (SSSR count). The highest BCUT2D eigenvalue weighted by atomic mass is 16.2. The number of carbonyl (C=O) groups is 3. The zero-order chi connectivity index (χ0) is 8.85. The third-order valence-electron chi connectivity index (χ3n) is 1.10. The van der Waals surface area contributed by atoms with Gasteiger partial charge in [0.15, 0.2) is 0 Å². The van der Waals surface area contributed by atoms with Crippen molar-refractivity contribution in [2.45, 2.75) is 26.2 Å². The third kappa shape index (κ3) is 6.70. The Morgan fingerprint density at radius 1 is 1.18 bits per heavy atom. The summed E-state index contributed by atoms with van der Waals surface area (Å²) >= 11 is 0. The smallest absolute Gasteiger partial charge is 0.217 e. The Morgan fingerprint density at radius 3 is 2.09 bits per heavy atom. The molecule has 11 heavy (non-hydrogen) atoms. The van der Waals surface area contributed by atoms with Gasteiger partial charge in [0.1, 0.15) is 11.6 Å². The number of primary amides is 1. The van der Waals surface area contributed by atoms with E-state index in [2.05, 4.69) is 0 Å². The Labute approximate surface area is 64.8 Å². The molecular weight excluding hydrogens is 146 g/mol. The van der Waals surface area contributed by atoms with E-state index in [0.29, 0.717) is 0 Å². The standard InChI is InChI=1S/C7H11NO3/c1-5(9)4-6(10)2-3-7(8)11/h2-4H2,1H3,(H2,8,11). The van der Waals surface area contributed by atoms with E-state index in [1.807, 2.05) is 0 Å². The molecule has 0 aliphatic carbocycles. The first-order chi connectivity index (χ1) is 5.02. The molecule has 0 radical (unpaired) electrons. The van der Waals surface area contributed by atoms with Gasteiger partial charge >= 0.3 is 0 Å². The van der Waals surface area contributed by atoms with E-state index < -0.39 is 5.91 Å². The summed E-state index contributed by atoms with van der Waals surface area (Å²) in [4.78, 5) is 31.3. The first-order valence-electron chi connectivity index (χ1n) is 3.32. The van der Waals surface area contributed by atoms with Crippen molar-refractivity contribution in [2.75, 3.05) is 0 Å². The average Bonchev–Trinajstić information content (AvgIpc) is 1.82. The van der Waals surface area contributed by atoms with Crippen LogP contribution in [0.25, 0.3) is 0 Å². The van der Waals surface area contributed by atoms with E-state index >= 15 is 0 Å². The summed E-state index contributed by atoms with van der Waals surface area (Å²) in [6.07, 6.45) is 0.0221. The molecule has 2 N–H and O–H groups in total. The number of hydrogen-bond acceptors (Lipinski definition) is 3. The van der Waals surface area contributed by atoms with Crippen LogP contribution in [0, 0.1) is 0 Å². The second kappa shape index (κ2) is 4.60. The van der Waals surface area contributed by atoms with Gasteiger partial charge < -0.3 is 5.73 Å². The molecule has 0 aromatic heterocycles. The van der Waals surface area contributed by atoms with Gasteiger partial charge in [-0.3, -0.25) is 14.4 Å². The number of Topliss-reactive ketones (excluding diaryl/α,β-unsaturated/α-hetero) is 2. The van der Waals surface area contributed by atoms with Crippen LogP contribution in [0.5, 0.6) is 0 Å². The lowest BCUT2D eigenvalue weighted by Crippen LogP contribution is -2.13. The fourth-order valence-electron chi connectivity index (χ4n) is 0.629. The van der Waals surface area contributed by atoms with Crippen molar-refractivity contribution in [3.8, 4) is 0 Å². The Balaban J connectivity index is 3.53. The van der Waals surface area contributed by atoms with Gasteiger partial charge in [-0.2, -0.15) is 0 Å². The predicted molar refractivity (Wildman–Crippen MR) is 38.7 cm³/mol. The summed E-state index contributed by atoms with van der Waals surface area (Å²) in [5.41, 5.74) is 4.80. The fourth-order valence-corrected chi connectivity index (χ4v) is 0.629. The van der Waals surface area contributed by atoms with E-state index in [0.717, 1.165) is 0 Å². The van der Waals surface area contributed by atoms with Crippen molar-refractivity contribution >= 4 is 17.5 Å². The summed E-state index contributed by atoms with van der Waals surface area (Å²) < 4.78 is 0. The summed E-state index contributed by atoms with van der Waals surface area (Å²) in [7, 11) is 0. The van der Waals surface area contributed by atoms with Crippen LogP contribution >= 0.6 is 0 Å². The zero-order valence-electron chi connectivity index (χ0n) is 6.42. The van der Waals surface area contributed by atoms with Gasteiger partial charge in [0, 0.05) is 12.8 Å². The van der Waals surface area contributed by atoms with Gasteiger partial charge in [0.25, 0.3) is 0 Å². The minimum absolute atomic E-state index is 0.0338. The number of rotatable bonds is 5. The highest BCUT2D eigenvalue weighted by Gasteiger charge is 2.06. The van der Waals surface area contributed by atoms with E-state index in [1.165, 1.54) is 6.92 Å². The van der Waals surface area contributed by atoms with Crippen LogP contribution in [0.3, 0.4) is 0 Å². The van der Waals surface area contributed by atoms with E-state index in [4.69, 9.17) is 5.73 Å². The van der Waals surface area contributed by atoms with Crippen molar-refractivity contribution in [2.24, 2.45) is 5.73 Å². The normalized spacial score (nSPS) is 9.18. The van der Waals surface area contributed by atoms with Crippen molar-refractivity contribution in [1.29, 1.82) is 0 Å². The molecule has 4 nitrogen and oxygen atoms in total. The first kappa shape index (κ1) is 9.81. The molecule has 0 aliphatic heterocycles. The number of carbonyl (C=O) groups excluding carboxylic acids is 3. The minimum Gasteiger partial charge on any atom is -0.370 e. The maximum atomic E-state index is 10.7. The van der Waals surface area contributed by atoms with Crippen molar-refractivity contribution < 1.29 is 14.4 Å². The Kier molecular flexibility index (Phi) is 4.10. The summed E-state index contributed by atoms with van der Waals surface area (Å²) in [5, 5.41) is 0. The van der Waals surface area contributed by atoms with Gasteiger partial charge in [-0.1, -0.05) is 0 Å². The molecule has 0 saturated heterocycles. The van der Waals surface area contributed by atoms with Gasteiger partial charge in [-0.05, 0) is 6.92 Å². The topological polar surface area (TPSA) is 77.2 Å². The highest BCUT2D eigenvalue weighted by Crippen LogP contribution is 1.94. The lowest BCUT2D eigenvalue weighted by atomic mass is 10.1. The molecule has 0 aromatic carbocycles.